The van der Waals surface area contributed by atoms with Crippen molar-refractivity contribution < 1.29 is 4.79 Å². The lowest BCUT2D eigenvalue weighted by molar-refractivity contribution is 0.0958. The number of rotatable bonds is 5. The molecule has 1 saturated heterocycles. The second kappa shape index (κ2) is 8.39. The SMILES string of the molecule is CCc1cn2nc(CN3CCC(c4ccc(C(=O)NC)nc4C)CC3)cc2[nH]c1=O. The highest BCUT2D eigenvalue weighted by molar-refractivity contribution is 5.92. The van der Waals surface area contributed by atoms with Gasteiger partial charge in [0.15, 0.2) is 0 Å². The molecule has 0 radical (unpaired) electrons. The Morgan fingerprint density at radius 1 is 1.30 bits per heavy atom. The van der Waals surface area contributed by atoms with Gasteiger partial charge in [-0.15, -0.1) is 0 Å². The van der Waals surface area contributed by atoms with Crippen LogP contribution in [0.1, 0.15) is 58.7 Å². The number of nitrogens with zero attached hydrogens (tertiary/aromatic N) is 4. The molecule has 3 aromatic rings. The fourth-order valence-corrected chi connectivity index (χ4v) is 4.26. The summed E-state index contributed by atoms with van der Waals surface area (Å²) in [6.07, 6.45) is 4.60. The summed E-state index contributed by atoms with van der Waals surface area (Å²) < 4.78 is 1.77. The molecule has 0 aliphatic carbocycles. The molecule has 8 heteroatoms. The number of likely N-dealkylation sites (tertiary alicyclic amines) is 1. The molecule has 1 fully saturated rings. The van der Waals surface area contributed by atoms with Crippen molar-refractivity contribution in [2.45, 2.75) is 45.6 Å². The molecule has 3 aromatic heterocycles. The minimum Gasteiger partial charge on any atom is -0.354 e. The Hall–Kier alpha value is -3.00. The first-order chi connectivity index (χ1) is 14.5. The number of amides is 1. The van der Waals surface area contributed by atoms with Gasteiger partial charge < -0.3 is 10.3 Å². The topological polar surface area (TPSA) is 95.4 Å². The van der Waals surface area contributed by atoms with Gasteiger partial charge in [0.2, 0.25) is 0 Å². The number of piperidine rings is 1. The highest BCUT2D eigenvalue weighted by atomic mass is 16.1. The monoisotopic (exact) mass is 408 g/mol. The zero-order valence-corrected chi connectivity index (χ0v) is 17.7. The molecule has 0 atom stereocenters. The van der Waals surface area contributed by atoms with Crippen LogP contribution >= 0.6 is 0 Å². The molecule has 8 nitrogen and oxygen atoms in total. The minimum absolute atomic E-state index is 0.0383. The van der Waals surface area contributed by atoms with Crippen molar-refractivity contribution in [1.29, 1.82) is 0 Å². The fraction of sp³-hybridized carbons (Fsp3) is 0.455. The van der Waals surface area contributed by atoms with Gasteiger partial charge in [-0.3, -0.25) is 14.5 Å². The van der Waals surface area contributed by atoms with Crippen LogP contribution in [0.2, 0.25) is 0 Å². The smallest absolute Gasteiger partial charge is 0.269 e. The number of fused-ring (bicyclic) bond motifs is 1. The molecule has 0 unspecified atom stereocenters. The number of nitrogens with one attached hydrogen (secondary N) is 2. The van der Waals surface area contributed by atoms with Crippen molar-refractivity contribution in [1.82, 2.24) is 29.8 Å². The number of carbonyl (C=O) groups is 1. The lowest BCUT2D eigenvalue weighted by Crippen LogP contribution is -2.33. The predicted molar refractivity (Wildman–Crippen MR) is 115 cm³/mol. The summed E-state index contributed by atoms with van der Waals surface area (Å²) >= 11 is 0. The maximum Gasteiger partial charge on any atom is 0.269 e. The van der Waals surface area contributed by atoms with Gasteiger partial charge in [-0.1, -0.05) is 13.0 Å². The summed E-state index contributed by atoms with van der Waals surface area (Å²) in [7, 11) is 1.62. The van der Waals surface area contributed by atoms with Crippen LogP contribution in [0, 0.1) is 6.92 Å². The van der Waals surface area contributed by atoms with Crippen LogP contribution in [0.15, 0.2) is 29.2 Å². The van der Waals surface area contributed by atoms with E-state index in [1.807, 2.05) is 32.2 Å². The zero-order chi connectivity index (χ0) is 21.3. The van der Waals surface area contributed by atoms with Crippen LogP contribution in [-0.4, -0.2) is 50.5 Å². The van der Waals surface area contributed by atoms with E-state index in [0.29, 0.717) is 18.0 Å². The molecule has 0 aromatic carbocycles. The van der Waals surface area contributed by atoms with Crippen molar-refractivity contribution in [3.63, 3.8) is 0 Å². The Morgan fingerprint density at radius 3 is 2.73 bits per heavy atom. The second-order valence-electron chi connectivity index (χ2n) is 7.93. The molecule has 4 rings (SSSR count). The normalized spacial score (nSPS) is 15.6. The van der Waals surface area contributed by atoms with Gasteiger partial charge >= 0.3 is 0 Å². The number of pyridine rings is 1. The van der Waals surface area contributed by atoms with Crippen LogP contribution in [-0.2, 0) is 13.0 Å². The third kappa shape index (κ3) is 4.00. The largest absolute Gasteiger partial charge is 0.354 e. The Kier molecular flexibility index (Phi) is 5.67. The van der Waals surface area contributed by atoms with E-state index in [-0.39, 0.29) is 11.5 Å². The summed E-state index contributed by atoms with van der Waals surface area (Å²) in [6.45, 7) is 6.67. The molecule has 0 saturated carbocycles. The summed E-state index contributed by atoms with van der Waals surface area (Å²) in [5, 5.41) is 7.26. The Labute approximate surface area is 175 Å². The number of aromatic amines is 1. The Balaban J connectivity index is 1.41. The van der Waals surface area contributed by atoms with E-state index in [1.165, 1.54) is 5.56 Å². The Morgan fingerprint density at radius 2 is 2.07 bits per heavy atom. The molecular weight excluding hydrogens is 380 g/mol. The average molecular weight is 409 g/mol. The maximum absolute atomic E-state index is 12.0. The lowest BCUT2D eigenvalue weighted by Gasteiger charge is -2.32. The number of carbonyl (C=O) groups excluding carboxylic acids is 1. The number of hydrogen-bond acceptors (Lipinski definition) is 5. The van der Waals surface area contributed by atoms with Crippen molar-refractivity contribution >= 4 is 11.6 Å². The second-order valence-corrected chi connectivity index (χ2v) is 7.93. The average Bonchev–Trinajstić information content (AvgIpc) is 3.14. The van der Waals surface area contributed by atoms with E-state index >= 15 is 0 Å². The first kappa shape index (κ1) is 20.3. The standard InChI is InChI=1S/C22H28N6O2/c1-4-15-12-28-20(25-21(15)29)11-17(26-28)13-27-9-7-16(8-10-27)18-5-6-19(22(30)23-3)24-14(18)2/h5-6,11-12,16H,4,7-10,13H2,1-3H3,(H,23,30)(H,25,29). The minimum atomic E-state index is -0.153. The molecule has 0 spiro atoms. The molecule has 2 N–H and O–H groups in total. The van der Waals surface area contributed by atoms with Crippen molar-refractivity contribution in [3.8, 4) is 0 Å². The number of H-pyrrole nitrogens is 1. The predicted octanol–water partition coefficient (Wildman–Crippen LogP) is 2.03. The summed E-state index contributed by atoms with van der Waals surface area (Å²) in [5.41, 5.74) is 5.04. The molecular formula is C22H28N6O2. The highest BCUT2D eigenvalue weighted by Crippen LogP contribution is 2.30. The van der Waals surface area contributed by atoms with Gasteiger partial charge in [0.25, 0.3) is 11.5 Å². The van der Waals surface area contributed by atoms with Gasteiger partial charge in [-0.25, -0.2) is 9.50 Å². The zero-order valence-electron chi connectivity index (χ0n) is 17.7. The van der Waals surface area contributed by atoms with Gasteiger partial charge in [-0.05, 0) is 56.8 Å². The molecule has 158 valence electrons. The van der Waals surface area contributed by atoms with Crippen LogP contribution in [0.4, 0.5) is 0 Å². The molecule has 1 amide bonds. The summed E-state index contributed by atoms with van der Waals surface area (Å²) in [4.78, 5) is 33.6. The van der Waals surface area contributed by atoms with E-state index in [4.69, 9.17) is 0 Å². The molecule has 1 aliphatic rings. The van der Waals surface area contributed by atoms with E-state index in [0.717, 1.165) is 55.1 Å². The molecule has 30 heavy (non-hydrogen) atoms. The van der Waals surface area contributed by atoms with Crippen molar-refractivity contribution in [2.75, 3.05) is 20.1 Å². The van der Waals surface area contributed by atoms with Crippen LogP contribution in [0.25, 0.3) is 5.65 Å². The molecule has 1 aliphatic heterocycles. The molecule has 0 bridgehead atoms. The summed E-state index contributed by atoms with van der Waals surface area (Å²) in [5.74, 6) is 0.302. The number of hydrogen-bond donors (Lipinski definition) is 2. The van der Waals surface area contributed by atoms with Gasteiger partial charge in [0, 0.05) is 37.1 Å². The van der Waals surface area contributed by atoms with E-state index in [1.54, 1.807) is 11.6 Å². The van der Waals surface area contributed by atoms with Crippen LogP contribution in [0.3, 0.4) is 0 Å². The molecule has 4 heterocycles. The van der Waals surface area contributed by atoms with E-state index in [9.17, 15) is 9.59 Å². The van der Waals surface area contributed by atoms with E-state index < -0.39 is 0 Å². The third-order valence-corrected chi connectivity index (χ3v) is 5.98. The maximum atomic E-state index is 12.0. The van der Waals surface area contributed by atoms with Crippen molar-refractivity contribution in [3.05, 3.63) is 63.0 Å². The van der Waals surface area contributed by atoms with Gasteiger partial charge in [0.05, 0.1) is 5.69 Å². The third-order valence-electron chi connectivity index (χ3n) is 5.98. The van der Waals surface area contributed by atoms with E-state index in [2.05, 4.69) is 31.3 Å². The number of aryl methyl sites for hydroxylation is 2. The van der Waals surface area contributed by atoms with Gasteiger partial charge in [-0.2, -0.15) is 5.10 Å². The summed E-state index contributed by atoms with van der Waals surface area (Å²) in [6, 6.07) is 5.82. The van der Waals surface area contributed by atoms with Crippen molar-refractivity contribution in [2.24, 2.45) is 0 Å². The van der Waals surface area contributed by atoms with Gasteiger partial charge in [0.1, 0.15) is 11.3 Å². The quantitative estimate of drug-likeness (QED) is 0.674. The number of aromatic nitrogens is 4. The highest BCUT2D eigenvalue weighted by Gasteiger charge is 2.23. The first-order valence-electron chi connectivity index (χ1n) is 10.5. The Bertz CT molecular complexity index is 1120. The lowest BCUT2D eigenvalue weighted by atomic mass is 9.88. The van der Waals surface area contributed by atoms with Crippen LogP contribution < -0.4 is 10.9 Å². The first-order valence-corrected chi connectivity index (χ1v) is 10.5. The van der Waals surface area contributed by atoms with Crippen LogP contribution in [0.5, 0.6) is 0 Å². The fourth-order valence-electron chi connectivity index (χ4n) is 4.26.